The van der Waals surface area contributed by atoms with Gasteiger partial charge in [-0.25, -0.2) is 4.99 Å². The van der Waals surface area contributed by atoms with Crippen LogP contribution in [0.5, 0.6) is 0 Å². The van der Waals surface area contributed by atoms with Gasteiger partial charge >= 0.3 is 0 Å². The standard InChI is InChI=1S/C8H16N6O/c9-6-12-7(10)14-8(11,13-6)3-5-1-2-15-4-5/h5H,1-4,11H2,(H5,9,10,12,13,14). The third kappa shape index (κ3) is 2.37. The Morgan fingerprint density at radius 1 is 1.53 bits per heavy atom. The van der Waals surface area contributed by atoms with Crippen molar-refractivity contribution in [2.45, 2.75) is 18.6 Å². The molecule has 84 valence electrons. The Kier molecular flexibility index (Phi) is 2.49. The molecule has 0 aromatic heterocycles. The van der Waals surface area contributed by atoms with E-state index in [1.165, 1.54) is 0 Å². The number of hydrogen-bond donors (Lipinski definition) is 4. The van der Waals surface area contributed by atoms with Gasteiger partial charge in [-0.15, -0.1) is 0 Å². The maximum atomic E-state index is 6.02. The van der Waals surface area contributed by atoms with Crippen molar-refractivity contribution in [3.63, 3.8) is 0 Å². The highest BCUT2D eigenvalue weighted by atomic mass is 16.5. The third-order valence-corrected chi connectivity index (χ3v) is 2.52. The van der Waals surface area contributed by atoms with E-state index >= 15 is 0 Å². The molecule has 7 nitrogen and oxygen atoms in total. The summed E-state index contributed by atoms with van der Waals surface area (Å²) in [6.07, 6.45) is 1.64. The van der Waals surface area contributed by atoms with Crippen LogP contribution in [0, 0.1) is 5.92 Å². The molecule has 2 rings (SSSR count). The first-order valence-electron chi connectivity index (χ1n) is 4.92. The first-order valence-corrected chi connectivity index (χ1v) is 4.92. The second-order valence-electron chi connectivity index (χ2n) is 3.95. The monoisotopic (exact) mass is 212 g/mol. The molecule has 0 amide bonds. The number of nitrogens with two attached hydrogens (primary N) is 3. The SMILES string of the molecule is NC1=NC(N)(CC2CCOC2)NC(N)=N1. The van der Waals surface area contributed by atoms with Gasteiger partial charge in [-0.05, 0) is 12.3 Å². The van der Waals surface area contributed by atoms with Crippen LogP contribution in [-0.2, 0) is 4.74 Å². The predicted octanol–water partition coefficient (Wildman–Crippen LogP) is -1.74. The topological polar surface area (TPSA) is 124 Å². The Morgan fingerprint density at radius 3 is 2.93 bits per heavy atom. The predicted molar refractivity (Wildman–Crippen MR) is 56.8 cm³/mol. The summed E-state index contributed by atoms with van der Waals surface area (Å²) >= 11 is 0. The van der Waals surface area contributed by atoms with E-state index in [4.69, 9.17) is 21.9 Å². The number of ether oxygens (including phenoxy) is 1. The highest BCUT2D eigenvalue weighted by Gasteiger charge is 2.33. The maximum Gasteiger partial charge on any atom is 0.222 e. The zero-order valence-corrected chi connectivity index (χ0v) is 8.44. The van der Waals surface area contributed by atoms with Crippen LogP contribution in [0.1, 0.15) is 12.8 Å². The van der Waals surface area contributed by atoms with Gasteiger partial charge in [0.2, 0.25) is 5.96 Å². The van der Waals surface area contributed by atoms with Gasteiger partial charge in [0.15, 0.2) is 11.7 Å². The molecule has 0 aromatic rings. The maximum absolute atomic E-state index is 6.02. The molecule has 7 N–H and O–H groups in total. The van der Waals surface area contributed by atoms with Crippen LogP contribution in [0.2, 0.25) is 0 Å². The molecule has 7 heteroatoms. The van der Waals surface area contributed by atoms with Gasteiger partial charge in [-0.2, -0.15) is 4.99 Å². The molecular formula is C8H16N6O. The van der Waals surface area contributed by atoms with Gasteiger partial charge in [-0.3, -0.25) is 5.73 Å². The average Bonchev–Trinajstić information content (AvgIpc) is 2.52. The van der Waals surface area contributed by atoms with E-state index in [-0.39, 0.29) is 11.9 Å². The highest BCUT2D eigenvalue weighted by Crippen LogP contribution is 2.22. The minimum atomic E-state index is -0.936. The summed E-state index contributed by atoms with van der Waals surface area (Å²) in [4.78, 5) is 7.82. The number of aliphatic imine (C=N–C) groups is 2. The number of guanidine groups is 2. The molecule has 0 radical (unpaired) electrons. The average molecular weight is 212 g/mol. The van der Waals surface area contributed by atoms with Crippen molar-refractivity contribution in [3.05, 3.63) is 0 Å². The Hall–Kier alpha value is -1.34. The van der Waals surface area contributed by atoms with E-state index in [1.54, 1.807) is 0 Å². The molecule has 0 bridgehead atoms. The van der Waals surface area contributed by atoms with Gasteiger partial charge in [0.05, 0.1) is 0 Å². The summed E-state index contributed by atoms with van der Waals surface area (Å²) in [7, 11) is 0. The summed E-state index contributed by atoms with van der Waals surface area (Å²) in [6.45, 7) is 1.50. The molecule has 2 aliphatic rings. The van der Waals surface area contributed by atoms with Crippen LogP contribution in [0.15, 0.2) is 9.98 Å². The van der Waals surface area contributed by atoms with E-state index in [2.05, 4.69) is 15.3 Å². The van der Waals surface area contributed by atoms with E-state index in [1.807, 2.05) is 0 Å². The Balaban J connectivity index is 2.03. The Morgan fingerprint density at radius 2 is 2.33 bits per heavy atom. The summed E-state index contributed by atoms with van der Waals surface area (Å²) in [5, 5.41) is 2.83. The third-order valence-electron chi connectivity index (χ3n) is 2.52. The minimum Gasteiger partial charge on any atom is -0.381 e. The van der Waals surface area contributed by atoms with Crippen LogP contribution >= 0.6 is 0 Å². The minimum absolute atomic E-state index is 0.118. The van der Waals surface area contributed by atoms with E-state index in [0.29, 0.717) is 18.9 Å². The number of hydrogen-bond acceptors (Lipinski definition) is 7. The summed E-state index contributed by atoms with van der Waals surface area (Å²) < 4.78 is 5.27. The van der Waals surface area contributed by atoms with Gasteiger partial charge < -0.3 is 21.5 Å². The number of rotatable bonds is 2. The zero-order chi connectivity index (χ0) is 10.9. The summed E-state index contributed by atoms with van der Waals surface area (Å²) in [6, 6.07) is 0. The van der Waals surface area contributed by atoms with E-state index in [9.17, 15) is 0 Å². The van der Waals surface area contributed by atoms with Crippen molar-refractivity contribution in [2.24, 2.45) is 33.1 Å². The quantitative estimate of drug-likeness (QED) is 0.432. The normalized spacial score (nSPS) is 35.7. The van der Waals surface area contributed by atoms with Crippen molar-refractivity contribution in [3.8, 4) is 0 Å². The summed E-state index contributed by atoms with van der Waals surface area (Å²) in [5.74, 6) is -0.213. The van der Waals surface area contributed by atoms with Crippen molar-refractivity contribution in [1.29, 1.82) is 0 Å². The molecule has 2 unspecified atom stereocenters. The van der Waals surface area contributed by atoms with Gasteiger partial charge in [0, 0.05) is 19.6 Å². The first-order chi connectivity index (χ1) is 7.07. The van der Waals surface area contributed by atoms with Crippen LogP contribution < -0.4 is 22.5 Å². The summed E-state index contributed by atoms with van der Waals surface area (Å²) in [5.41, 5.74) is 17.1. The largest absolute Gasteiger partial charge is 0.381 e. The highest BCUT2D eigenvalue weighted by molar-refractivity contribution is 5.95. The number of nitrogens with one attached hydrogen (secondary N) is 1. The van der Waals surface area contributed by atoms with Crippen LogP contribution in [0.4, 0.5) is 0 Å². The van der Waals surface area contributed by atoms with E-state index in [0.717, 1.165) is 13.0 Å². The lowest BCUT2D eigenvalue weighted by Gasteiger charge is -2.31. The molecule has 0 aromatic carbocycles. The molecule has 0 spiro atoms. The lowest BCUT2D eigenvalue weighted by atomic mass is 10.00. The van der Waals surface area contributed by atoms with Crippen molar-refractivity contribution in [1.82, 2.24) is 5.32 Å². The second kappa shape index (κ2) is 3.67. The molecule has 15 heavy (non-hydrogen) atoms. The lowest BCUT2D eigenvalue weighted by molar-refractivity contribution is 0.175. The second-order valence-corrected chi connectivity index (χ2v) is 3.95. The first kappa shape index (κ1) is 10.2. The Bertz CT molecular complexity index is 308. The molecular weight excluding hydrogens is 196 g/mol. The smallest absolute Gasteiger partial charge is 0.222 e. The van der Waals surface area contributed by atoms with Gasteiger partial charge in [0.1, 0.15) is 0 Å². The molecule has 2 heterocycles. The van der Waals surface area contributed by atoms with Crippen molar-refractivity contribution in [2.75, 3.05) is 13.2 Å². The van der Waals surface area contributed by atoms with Crippen molar-refractivity contribution < 1.29 is 4.74 Å². The molecule has 0 saturated carbocycles. The molecule has 2 aliphatic heterocycles. The van der Waals surface area contributed by atoms with Crippen LogP contribution in [0.25, 0.3) is 0 Å². The zero-order valence-electron chi connectivity index (χ0n) is 8.44. The lowest BCUT2D eigenvalue weighted by Crippen LogP contribution is -2.60. The van der Waals surface area contributed by atoms with Gasteiger partial charge in [0.25, 0.3) is 0 Å². The Labute approximate surface area is 87.8 Å². The number of nitrogens with zero attached hydrogens (tertiary/aromatic N) is 2. The van der Waals surface area contributed by atoms with Crippen LogP contribution in [-0.4, -0.2) is 30.9 Å². The molecule has 1 fully saturated rings. The van der Waals surface area contributed by atoms with E-state index < -0.39 is 5.79 Å². The fourth-order valence-corrected chi connectivity index (χ4v) is 1.91. The fraction of sp³-hybridized carbons (Fsp3) is 0.750. The molecule has 1 saturated heterocycles. The molecule has 2 atom stereocenters. The fourth-order valence-electron chi connectivity index (χ4n) is 1.91. The van der Waals surface area contributed by atoms with Gasteiger partial charge in [-0.1, -0.05) is 0 Å². The van der Waals surface area contributed by atoms with Crippen LogP contribution in [0.3, 0.4) is 0 Å². The van der Waals surface area contributed by atoms with Crippen molar-refractivity contribution >= 4 is 11.9 Å². The molecule has 0 aliphatic carbocycles.